The maximum Gasteiger partial charge on any atom is 0.333 e. The second-order valence-corrected chi connectivity index (χ2v) is 22.4. The molecule has 71 heavy (non-hydrogen) atoms. The predicted octanol–water partition coefficient (Wildman–Crippen LogP) is 17.2. The molecular formula is C66H47BN2O2. The van der Waals surface area contributed by atoms with Crippen LogP contribution < -0.4 is 15.8 Å². The molecule has 5 heteroatoms. The molecule has 336 valence electrons. The highest BCUT2D eigenvalue weighted by molar-refractivity contribution is 6.90. The van der Waals surface area contributed by atoms with E-state index in [4.69, 9.17) is 8.83 Å². The zero-order valence-corrected chi connectivity index (χ0v) is 40.5. The van der Waals surface area contributed by atoms with E-state index in [0.29, 0.717) is 0 Å². The molecule has 0 saturated carbocycles. The van der Waals surface area contributed by atoms with E-state index in [1.165, 1.54) is 98.5 Å². The van der Waals surface area contributed by atoms with Crippen molar-refractivity contribution >= 4 is 144 Å². The Labute approximate surface area is 410 Å². The quantitative estimate of drug-likeness (QED) is 0.0935. The molecule has 0 amide bonds. The second-order valence-electron chi connectivity index (χ2n) is 22.4. The van der Waals surface area contributed by atoms with Crippen LogP contribution in [0.15, 0.2) is 185 Å². The first kappa shape index (κ1) is 39.6. The van der Waals surface area contributed by atoms with E-state index in [2.05, 4.69) is 227 Å². The zero-order chi connectivity index (χ0) is 47.4. The number of anilines is 3. The highest BCUT2D eigenvalue weighted by atomic mass is 16.3. The minimum absolute atomic E-state index is 0.0965. The summed E-state index contributed by atoms with van der Waals surface area (Å²) in [6, 6.07) is 66.2. The SMILES string of the molecule is CC(C)(C)c1cc(N2c3cc4cc5c6ccccc6c6ccccc6c5cc4cc3B3c4c2cc2c(oc5ccccc52)c4-c2cc4c5ccccc5oc4c4c5ccccc5n3c24)cc(C(C)(C)C)c1. The first-order valence-corrected chi connectivity index (χ1v) is 25.1. The van der Waals surface area contributed by atoms with Crippen molar-refractivity contribution in [2.75, 3.05) is 4.90 Å². The van der Waals surface area contributed by atoms with Crippen molar-refractivity contribution in [3.8, 4) is 11.1 Å². The molecule has 0 radical (unpaired) electrons. The number of fused-ring (bicyclic) bond motifs is 22. The Morgan fingerprint density at radius 1 is 0.423 bits per heavy atom. The van der Waals surface area contributed by atoms with Gasteiger partial charge in [0.15, 0.2) is 0 Å². The molecule has 4 nitrogen and oxygen atoms in total. The van der Waals surface area contributed by atoms with Gasteiger partial charge in [0.05, 0.1) is 5.39 Å². The molecule has 0 unspecified atom stereocenters. The van der Waals surface area contributed by atoms with Gasteiger partial charge in [0, 0.05) is 66.2 Å². The van der Waals surface area contributed by atoms with Crippen molar-refractivity contribution in [1.29, 1.82) is 0 Å². The molecule has 0 aliphatic carbocycles. The highest BCUT2D eigenvalue weighted by Crippen LogP contribution is 2.53. The summed E-state index contributed by atoms with van der Waals surface area (Å²) in [5.41, 5.74) is 16.8. The molecule has 0 saturated heterocycles. The lowest BCUT2D eigenvalue weighted by Crippen LogP contribution is -2.56. The molecule has 3 aromatic heterocycles. The fraction of sp³-hybridized carbons (Fsp3) is 0.121. The summed E-state index contributed by atoms with van der Waals surface area (Å²) in [4.78, 5) is 2.62. The monoisotopic (exact) mass is 910 g/mol. The van der Waals surface area contributed by atoms with Gasteiger partial charge in [-0.25, -0.2) is 0 Å². The minimum atomic E-state index is -0.207. The molecule has 0 spiro atoms. The van der Waals surface area contributed by atoms with Crippen LogP contribution in [-0.2, 0) is 10.8 Å². The van der Waals surface area contributed by atoms with Gasteiger partial charge >= 0.3 is 6.85 Å². The average molecular weight is 911 g/mol. The van der Waals surface area contributed by atoms with Gasteiger partial charge in [0.1, 0.15) is 22.3 Å². The van der Waals surface area contributed by atoms with Crippen LogP contribution in [0.4, 0.5) is 17.1 Å². The summed E-state index contributed by atoms with van der Waals surface area (Å²) in [6.45, 7) is 13.9. The van der Waals surface area contributed by atoms with Crippen molar-refractivity contribution in [3.63, 3.8) is 0 Å². The Morgan fingerprint density at radius 3 is 1.54 bits per heavy atom. The molecule has 0 N–H and O–H groups in total. The van der Waals surface area contributed by atoms with E-state index < -0.39 is 0 Å². The van der Waals surface area contributed by atoms with Gasteiger partial charge in [-0.1, -0.05) is 157 Å². The van der Waals surface area contributed by atoms with Crippen molar-refractivity contribution < 1.29 is 8.83 Å². The third-order valence-corrected chi connectivity index (χ3v) is 16.3. The Morgan fingerprint density at radius 2 is 0.930 bits per heavy atom. The Bertz CT molecular complexity index is 4710. The molecule has 2 aliphatic rings. The molecule has 5 heterocycles. The van der Waals surface area contributed by atoms with Gasteiger partial charge in [-0.2, -0.15) is 0 Å². The van der Waals surface area contributed by atoms with E-state index in [0.717, 1.165) is 60.5 Å². The molecule has 14 aromatic rings. The minimum Gasteiger partial charge on any atom is -0.455 e. The van der Waals surface area contributed by atoms with E-state index in [-0.39, 0.29) is 17.7 Å². The van der Waals surface area contributed by atoms with Gasteiger partial charge in [0.25, 0.3) is 0 Å². The smallest absolute Gasteiger partial charge is 0.333 e. The van der Waals surface area contributed by atoms with Gasteiger partial charge in [-0.05, 0) is 137 Å². The number of nitrogens with zero attached hydrogens (tertiary/aromatic N) is 2. The molecule has 0 bridgehead atoms. The first-order valence-electron chi connectivity index (χ1n) is 25.1. The maximum atomic E-state index is 7.22. The fourth-order valence-corrected chi connectivity index (χ4v) is 13.0. The molecular weight excluding hydrogens is 864 g/mol. The average Bonchev–Trinajstić information content (AvgIpc) is 4.07. The predicted molar refractivity (Wildman–Crippen MR) is 302 cm³/mol. The summed E-state index contributed by atoms with van der Waals surface area (Å²) in [5, 5.41) is 16.9. The third-order valence-electron chi connectivity index (χ3n) is 16.3. The van der Waals surface area contributed by atoms with Crippen molar-refractivity contribution in [3.05, 3.63) is 187 Å². The van der Waals surface area contributed by atoms with Crippen LogP contribution in [0, 0.1) is 0 Å². The van der Waals surface area contributed by atoms with E-state index in [1.807, 2.05) is 0 Å². The van der Waals surface area contributed by atoms with Crippen LogP contribution in [0.25, 0.3) is 120 Å². The van der Waals surface area contributed by atoms with Crippen molar-refractivity contribution in [2.45, 2.75) is 52.4 Å². The Balaban J connectivity index is 1.14. The lowest BCUT2D eigenvalue weighted by atomic mass is 9.44. The number of hydrogen-bond acceptors (Lipinski definition) is 3. The summed E-state index contributed by atoms with van der Waals surface area (Å²) in [7, 11) is 0. The van der Waals surface area contributed by atoms with Crippen molar-refractivity contribution in [1.82, 2.24) is 4.48 Å². The second kappa shape index (κ2) is 13.3. The molecule has 11 aromatic carbocycles. The normalized spacial score (nSPS) is 13.7. The van der Waals surface area contributed by atoms with Crippen LogP contribution in [0.5, 0.6) is 0 Å². The van der Waals surface area contributed by atoms with Crippen LogP contribution in [-0.4, -0.2) is 11.3 Å². The zero-order valence-electron chi connectivity index (χ0n) is 40.5. The molecule has 2 aliphatic heterocycles. The summed E-state index contributed by atoms with van der Waals surface area (Å²) in [6.07, 6.45) is 0. The largest absolute Gasteiger partial charge is 0.455 e. The van der Waals surface area contributed by atoms with Crippen molar-refractivity contribution in [2.24, 2.45) is 0 Å². The van der Waals surface area contributed by atoms with Crippen LogP contribution >= 0.6 is 0 Å². The number of para-hydroxylation sites is 3. The van der Waals surface area contributed by atoms with Crippen LogP contribution in [0.3, 0.4) is 0 Å². The lowest BCUT2D eigenvalue weighted by Gasteiger charge is -2.41. The number of furan rings is 2. The lowest BCUT2D eigenvalue weighted by molar-refractivity contribution is 0.569. The van der Waals surface area contributed by atoms with Crippen LogP contribution in [0.2, 0.25) is 0 Å². The van der Waals surface area contributed by atoms with Gasteiger partial charge in [0.2, 0.25) is 0 Å². The number of hydrogen-bond donors (Lipinski definition) is 0. The molecule has 0 atom stereocenters. The Hall–Kier alpha value is -8.28. The maximum absolute atomic E-state index is 7.22. The van der Waals surface area contributed by atoms with Crippen LogP contribution in [0.1, 0.15) is 52.7 Å². The summed E-state index contributed by atoms with van der Waals surface area (Å²) >= 11 is 0. The molecule has 0 fully saturated rings. The van der Waals surface area contributed by atoms with E-state index >= 15 is 0 Å². The fourth-order valence-electron chi connectivity index (χ4n) is 13.0. The third kappa shape index (κ3) is 5.15. The number of aromatic nitrogens is 1. The van der Waals surface area contributed by atoms with Gasteiger partial charge in [-0.15, -0.1) is 0 Å². The Kier molecular flexibility index (Phi) is 7.42. The first-order chi connectivity index (χ1) is 34.5. The topological polar surface area (TPSA) is 34.5 Å². The standard InChI is InChI=1S/C66H47BN2O2/c1-65(2,3)38-31-39(66(4,5)6)33-40(32-38)68-55-30-37-28-49-44-20-10-8-18-42(44)41-17-7-9-19-43(41)48(49)27-36(37)29-53(55)67-61-56(68)35-51-46-22-13-16-26-58(46)70-63(51)59(61)52-34-50-45-21-12-15-25-57(45)71-64(50)60-47-23-11-14-24-54(47)69(67)62(52)60/h7-35H,1-6H3. The number of benzene rings is 11. The van der Waals surface area contributed by atoms with Gasteiger partial charge < -0.3 is 18.2 Å². The number of rotatable bonds is 1. The van der Waals surface area contributed by atoms with E-state index in [1.54, 1.807) is 0 Å². The summed E-state index contributed by atoms with van der Waals surface area (Å²) in [5.74, 6) is 0. The summed E-state index contributed by atoms with van der Waals surface area (Å²) < 4.78 is 16.9. The molecule has 16 rings (SSSR count). The highest BCUT2D eigenvalue weighted by Gasteiger charge is 2.45. The van der Waals surface area contributed by atoms with E-state index in [9.17, 15) is 0 Å². The van der Waals surface area contributed by atoms with Gasteiger partial charge in [-0.3, -0.25) is 0 Å².